The Bertz CT molecular complexity index is 580. The van der Waals surface area contributed by atoms with E-state index in [1.807, 2.05) is 0 Å². The fourth-order valence-corrected chi connectivity index (χ4v) is 2.01. The summed E-state index contributed by atoms with van der Waals surface area (Å²) in [4.78, 5) is 16.5. The summed E-state index contributed by atoms with van der Waals surface area (Å²) < 4.78 is 1.64. The maximum absolute atomic E-state index is 10.1. The van der Waals surface area contributed by atoms with Gasteiger partial charge in [-0.25, -0.2) is 10.8 Å². The van der Waals surface area contributed by atoms with Crippen LogP contribution in [0.15, 0.2) is 18.7 Å². The Morgan fingerprint density at radius 3 is 2.70 bits per heavy atom. The number of nitrogens with two attached hydrogens (primary N) is 1. The fourth-order valence-electron chi connectivity index (χ4n) is 2.01. The SMILES string of the molecule is NNc1nc(NCC2(O)CCC2)nc(-n2ccnc2)n1. The predicted molar refractivity (Wildman–Crippen MR) is 72.0 cm³/mol. The van der Waals surface area contributed by atoms with E-state index in [2.05, 4.69) is 30.7 Å². The zero-order valence-corrected chi connectivity index (χ0v) is 10.8. The smallest absolute Gasteiger partial charge is 0.243 e. The number of anilines is 2. The van der Waals surface area contributed by atoms with Crippen LogP contribution >= 0.6 is 0 Å². The molecule has 20 heavy (non-hydrogen) atoms. The number of nitrogens with zero attached hydrogens (tertiary/aromatic N) is 5. The Labute approximate surface area is 115 Å². The Morgan fingerprint density at radius 1 is 1.30 bits per heavy atom. The van der Waals surface area contributed by atoms with E-state index < -0.39 is 5.60 Å². The molecule has 0 bridgehead atoms. The van der Waals surface area contributed by atoms with Crippen molar-refractivity contribution in [1.82, 2.24) is 24.5 Å². The molecule has 0 spiro atoms. The Balaban J connectivity index is 1.81. The van der Waals surface area contributed by atoms with E-state index in [0.717, 1.165) is 19.3 Å². The van der Waals surface area contributed by atoms with Gasteiger partial charge in [0, 0.05) is 18.9 Å². The van der Waals surface area contributed by atoms with Gasteiger partial charge >= 0.3 is 0 Å². The van der Waals surface area contributed by atoms with Gasteiger partial charge in [0.25, 0.3) is 0 Å². The van der Waals surface area contributed by atoms with Crippen LogP contribution in [-0.4, -0.2) is 41.8 Å². The van der Waals surface area contributed by atoms with Crippen molar-refractivity contribution < 1.29 is 5.11 Å². The van der Waals surface area contributed by atoms with E-state index in [4.69, 9.17) is 5.84 Å². The average Bonchev–Trinajstić information content (AvgIpc) is 2.97. The lowest BCUT2D eigenvalue weighted by Gasteiger charge is -2.36. The van der Waals surface area contributed by atoms with Crippen LogP contribution < -0.4 is 16.6 Å². The molecule has 0 atom stereocenters. The number of hydrogen-bond acceptors (Lipinski definition) is 8. The maximum atomic E-state index is 10.1. The van der Waals surface area contributed by atoms with Gasteiger partial charge in [0.15, 0.2) is 0 Å². The second-order valence-electron chi connectivity index (χ2n) is 4.83. The summed E-state index contributed by atoms with van der Waals surface area (Å²) in [7, 11) is 0. The number of aliphatic hydroxyl groups is 1. The van der Waals surface area contributed by atoms with Crippen LogP contribution in [0.2, 0.25) is 0 Å². The number of aromatic nitrogens is 5. The van der Waals surface area contributed by atoms with Crippen molar-refractivity contribution in [2.45, 2.75) is 24.9 Å². The quantitative estimate of drug-likeness (QED) is 0.432. The number of nitrogens with one attached hydrogen (secondary N) is 2. The second kappa shape index (κ2) is 5.02. The van der Waals surface area contributed by atoms with Gasteiger partial charge in [-0.3, -0.25) is 9.99 Å². The number of imidazole rings is 1. The molecule has 1 aliphatic rings. The minimum absolute atomic E-state index is 0.242. The molecule has 9 heteroatoms. The lowest BCUT2D eigenvalue weighted by Crippen LogP contribution is -2.43. The summed E-state index contributed by atoms with van der Waals surface area (Å²) in [6.45, 7) is 0.407. The van der Waals surface area contributed by atoms with E-state index in [0.29, 0.717) is 18.4 Å². The summed E-state index contributed by atoms with van der Waals surface area (Å²) in [6, 6.07) is 0. The van der Waals surface area contributed by atoms with Gasteiger partial charge in [0.1, 0.15) is 6.33 Å². The largest absolute Gasteiger partial charge is 0.388 e. The minimum atomic E-state index is -0.655. The van der Waals surface area contributed by atoms with E-state index in [-0.39, 0.29) is 5.95 Å². The zero-order valence-electron chi connectivity index (χ0n) is 10.8. The van der Waals surface area contributed by atoms with Crippen molar-refractivity contribution in [2.75, 3.05) is 17.3 Å². The molecule has 0 aromatic carbocycles. The minimum Gasteiger partial charge on any atom is -0.388 e. The van der Waals surface area contributed by atoms with Crippen molar-refractivity contribution in [3.05, 3.63) is 18.7 Å². The molecule has 106 valence electrons. The van der Waals surface area contributed by atoms with Gasteiger partial charge in [-0.2, -0.15) is 15.0 Å². The molecule has 1 saturated carbocycles. The molecular weight excluding hydrogens is 260 g/mol. The van der Waals surface area contributed by atoms with Crippen LogP contribution in [-0.2, 0) is 0 Å². The van der Waals surface area contributed by atoms with Crippen molar-refractivity contribution >= 4 is 11.9 Å². The van der Waals surface area contributed by atoms with Gasteiger partial charge < -0.3 is 10.4 Å². The molecule has 5 N–H and O–H groups in total. The Hall–Kier alpha value is -2.26. The first-order valence-corrected chi connectivity index (χ1v) is 6.36. The molecule has 1 aliphatic carbocycles. The molecule has 0 saturated heterocycles. The van der Waals surface area contributed by atoms with Gasteiger partial charge in [-0.15, -0.1) is 0 Å². The molecule has 9 nitrogen and oxygen atoms in total. The summed E-state index contributed by atoms with van der Waals surface area (Å²) in [5.74, 6) is 6.35. The summed E-state index contributed by atoms with van der Waals surface area (Å²) >= 11 is 0. The Morgan fingerprint density at radius 2 is 2.10 bits per heavy atom. The first kappa shape index (κ1) is 12.8. The molecular formula is C11H16N8O. The van der Waals surface area contributed by atoms with Gasteiger partial charge in [0.2, 0.25) is 17.8 Å². The monoisotopic (exact) mass is 276 g/mol. The number of nitrogen functional groups attached to an aromatic ring is 1. The summed E-state index contributed by atoms with van der Waals surface area (Å²) in [5.41, 5.74) is 1.74. The van der Waals surface area contributed by atoms with Gasteiger partial charge in [0.05, 0.1) is 5.60 Å². The van der Waals surface area contributed by atoms with E-state index >= 15 is 0 Å². The molecule has 0 aliphatic heterocycles. The number of hydrogen-bond donors (Lipinski definition) is 4. The van der Waals surface area contributed by atoms with Gasteiger partial charge in [-0.1, -0.05) is 0 Å². The molecule has 2 aromatic rings. The maximum Gasteiger partial charge on any atom is 0.243 e. The highest BCUT2D eigenvalue weighted by atomic mass is 16.3. The van der Waals surface area contributed by atoms with Crippen molar-refractivity contribution in [3.63, 3.8) is 0 Å². The molecule has 0 radical (unpaired) electrons. The lowest BCUT2D eigenvalue weighted by molar-refractivity contribution is -0.0203. The van der Waals surface area contributed by atoms with Crippen LogP contribution in [0.3, 0.4) is 0 Å². The van der Waals surface area contributed by atoms with Crippen LogP contribution in [0, 0.1) is 0 Å². The van der Waals surface area contributed by atoms with E-state index in [1.54, 1.807) is 23.3 Å². The first-order chi connectivity index (χ1) is 9.68. The highest BCUT2D eigenvalue weighted by Crippen LogP contribution is 2.31. The molecule has 2 aromatic heterocycles. The highest BCUT2D eigenvalue weighted by Gasteiger charge is 2.34. The van der Waals surface area contributed by atoms with Crippen LogP contribution in [0.5, 0.6) is 0 Å². The topological polar surface area (TPSA) is 127 Å². The van der Waals surface area contributed by atoms with E-state index in [1.165, 1.54) is 0 Å². The van der Waals surface area contributed by atoms with Crippen LogP contribution in [0.1, 0.15) is 19.3 Å². The highest BCUT2D eigenvalue weighted by molar-refractivity contribution is 5.37. The lowest BCUT2D eigenvalue weighted by atomic mass is 9.80. The number of rotatable bonds is 5. The first-order valence-electron chi connectivity index (χ1n) is 6.36. The van der Waals surface area contributed by atoms with Crippen LogP contribution in [0.4, 0.5) is 11.9 Å². The molecule has 2 heterocycles. The second-order valence-corrected chi connectivity index (χ2v) is 4.83. The predicted octanol–water partition coefficient (Wildman–Crippen LogP) is -0.330. The van der Waals surface area contributed by atoms with Crippen molar-refractivity contribution in [3.8, 4) is 5.95 Å². The standard InChI is InChI=1S/C11H16N8O/c12-18-9-15-8(14-6-11(20)2-1-3-11)16-10(17-9)19-5-4-13-7-19/h4-5,7,20H,1-3,6,12H2,(H2,14,15,16,17,18). The van der Waals surface area contributed by atoms with Crippen LogP contribution in [0.25, 0.3) is 5.95 Å². The summed E-state index contributed by atoms with van der Waals surface area (Å²) in [6.07, 6.45) is 7.56. The Kier molecular flexibility index (Phi) is 3.20. The number of hydrazine groups is 1. The third-order valence-corrected chi connectivity index (χ3v) is 3.35. The van der Waals surface area contributed by atoms with Gasteiger partial charge in [-0.05, 0) is 19.3 Å². The fraction of sp³-hybridized carbons (Fsp3) is 0.455. The van der Waals surface area contributed by atoms with Crippen molar-refractivity contribution in [2.24, 2.45) is 5.84 Å². The normalized spacial score (nSPS) is 16.5. The zero-order chi connectivity index (χ0) is 14.0. The summed E-state index contributed by atoms with van der Waals surface area (Å²) in [5, 5.41) is 13.1. The van der Waals surface area contributed by atoms with E-state index in [9.17, 15) is 5.11 Å². The molecule has 0 amide bonds. The average molecular weight is 276 g/mol. The van der Waals surface area contributed by atoms with Crippen molar-refractivity contribution in [1.29, 1.82) is 0 Å². The third-order valence-electron chi connectivity index (χ3n) is 3.35. The molecule has 1 fully saturated rings. The third kappa shape index (κ3) is 2.53. The molecule has 0 unspecified atom stereocenters. The molecule has 3 rings (SSSR count).